The van der Waals surface area contributed by atoms with Gasteiger partial charge in [-0.3, -0.25) is 4.79 Å². The number of hydrogen-bond acceptors (Lipinski definition) is 3. The summed E-state index contributed by atoms with van der Waals surface area (Å²) in [6.45, 7) is 5.74. The minimum atomic E-state index is -4.76. The van der Waals surface area contributed by atoms with Crippen molar-refractivity contribution in [3.05, 3.63) is 88.7 Å². The fourth-order valence-electron chi connectivity index (χ4n) is 5.50. The van der Waals surface area contributed by atoms with Crippen LogP contribution in [0.5, 0.6) is 11.5 Å². The van der Waals surface area contributed by atoms with Gasteiger partial charge in [0.1, 0.15) is 28.3 Å². The zero-order chi connectivity index (χ0) is 25.9. The Hall–Kier alpha value is -3.55. The van der Waals surface area contributed by atoms with Gasteiger partial charge in [0.2, 0.25) is 5.91 Å². The third-order valence-electron chi connectivity index (χ3n) is 6.77. The highest BCUT2D eigenvalue weighted by Gasteiger charge is 2.58. The number of benzene rings is 3. The van der Waals surface area contributed by atoms with Gasteiger partial charge in [-0.15, -0.1) is 0 Å². The summed E-state index contributed by atoms with van der Waals surface area (Å²) in [6, 6.07) is 15.0. The molecule has 0 bridgehead atoms. The maximum Gasteiger partial charge on any atom is 0.416 e. The second kappa shape index (κ2) is 8.25. The van der Waals surface area contributed by atoms with E-state index in [1.807, 2.05) is 32.9 Å². The first kappa shape index (κ1) is 24.2. The molecule has 5 rings (SSSR count). The van der Waals surface area contributed by atoms with Crippen LogP contribution in [0, 0.1) is 5.82 Å². The molecule has 1 spiro atoms. The lowest BCUT2D eigenvalue weighted by Gasteiger charge is -2.43. The molecule has 0 fully saturated rings. The van der Waals surface area contributed by atoms with E-state index in [1.165, 1.54) is 4.90 Å². The molecule has 36 heavy (non-hydrogen) atoms. The van der Waals surface area contributed by atoms with Crippen molar-refractivity contribution in [1.29, 1.82) is 0 Å². The molecule has 2 heterocycles. The lowest BCUT2D eigenvalue weighted by Crippen LogP contribution is -2.50. The third-order valence-corrected chi connectivity index (χ3v) is 6.77. The van der Waals surface area contributed by atoms with E-state index in [4.69, 9.17) is 9.47 Å². The number of anilines is 1. The van der Waals surface area contributed by atoms with E-state index < -0.39 is 28.6 Å². The van der Waals surface area contributed by atoms with Crippen molar-refractivity contribution in [2.24, 2.45) is 0 Å². The Bertz CT molecular complexity index is 1350. The summed E-state index contributed by atoms with van der Waals surface area (Å²) in [7, 11) is 0. The van der Waals surface area contributed by atoms with E-state index >= 15 is 0 Å². The van der Waals surface area contributed by atoms with E-state index in [0.717, 1.165) is 12.1 Å². The first-order valence-electron chi connectivity index (χ1n) is 11.7. The number of ether oxygens (including phenoxy) is 2. The summed E-state index contributed by atoms with van der Waals surface area (Å²) in [5, 5.41) is 0. The smallest absolute Gasteiger partial charge is 0.416 e. The number of amides is 1. The number of carbonyl (C=O) groups is 1. The zero-order valence-corrected chi connectivity index (χ0v) is 20.1. The van der Waals surface area contributed by atoms with Crippen LogP contribution in [0.25, 0.3) is 0 Å². The lowest BCUT2D eigenvalue weighted by atomic mass is 9.67. The first-order valence-corrected chi connectivity index (χ1v) is 11.7. The second-order valence-corrected chi connectivity index (χ2v) is 9.74. The number of para-hydroxylation sites is 1. The molecular formula is C28H25F4NO3. The van der Waals surface area contributed by atoms with Gasteiger partial charge in [0.25, 0.3) is 0 Å². The van der Waals surface area contributed by atoms with Crippen LogP contribution in [-0.2, 0) is 22.9 Å². The van der Waals surface area contributed by atoms with Gasteiger partial charge in [0, 0.05) is 23.7 Å². The average molecular weight is 500 g/mol. The number of fused-ring (bicyclic) bond motifs is 4. The van der Waals surface area contributed by atoms with Crippen LogP contribution >= 0.6 is 0 Å². The number of halogens is 4. The fraction of sp³-hybridized carbons (Fsp3) is 0.321. The molecule has 0 aliphatic carbocycles. The van der Waals surface area contributed by atoms with Crippen LogP contribution in [0.2, 0.25) is 0 Å². The average Bonchev–Trinajstić information content (AvgIpc) is 3.02. The lowest BCUT2D eigenvalue weighted by molar-refractivity contribution is -0.138. The van der Waals surface area contributed by atoms with E-state index in [0.29, 0.717) is 47.4 Å². The molecule has 2 aliphatic rings. The zero-order valence-electron chi connectivity index (χ0n) is 20.1. The number of carbonyl (C=O) groups excluding carboxylic acids is 1. The van der Waals surface area contributed by atoms with Crippen LogP contribution < -0.4 is 14.4 Å². The van der Waals surface area contributed by atoms with E-state index in [1.54, 1.807) is 30.3 Å². The van der Waals surface area contributed by atoms with Gasteiger partial charge in [-0.05, 0) is 56.2 Å². The Labute approximate surface area is 206 Å². The van der Waals surface area contributed by atoms with Crippen molar-refractivity contribution in [1.82, 2.24) is 0 Å². The van der Waals surface area contributed by atoms with Gasteiger partial charge in [-0.2, -0.15) is 13.2 Å². The highest BCUT2D eigenvalue weighted by molar-refractivity contribution is 6.11. The minimum Gasteiger partial charge on any atom is -0.494 e. The summed E-state index contributed by atoms with van der Waals surface area (Å²) >= 11 is 0. The van der Waals surface area contributed by atoms with Gasteiger partial charge in [-0.1, -0.05) is 30.3 Å². The van der Waals surface area contributed by atoms with Gasteiger partial charge in [-0.25, -0.2) is 4.39 Å². The van der Waals surface area contributed by atoms with Crippen molar-refractivity contribution in [3.63, 3.8) is 0 Å². The normalized spacial score (nSPS) is 20.2. The standard InChI is InChI=1S/C28H25F4NO3/c1-4-35-19-11-12-21-24(14-19)36-26(2,3)16-27(21)20-7-5-6-8-23(20)33(25(27)34)15-17-9-10-18(29)13-22(17)28(30,31)32/h5-14H,4,15-16H2,1-3H3. The molecule has 1 unspecified atom stereocenters. The number of rotatable bonds is 4. The Morgan fingerprint density at radius 3 is 2.50 bits per heavy atom. The van der Waals surface area contributed by atoms with Gasteiger partial charge in [0.15, 0.2) is 0 Å². The van der Waals surface area contributed by atoms with Crippen molar-refractivity contribution in [3.8, 4) is 11.5 Å². The summed E-state index contributed by atoms with van der Waals surface area (Å²) in [4.78, 5) is 15.7. The summed E-state index contributed by atoms with van der Waals surface area (Å²) in [5.41, 5.74) is -1.31. The number of nitrogens with zero attached hydrogens (tertiary/aromatic N) is 1. The van der Waals surface area contributed by atoms with E-state index in [-0.39, 0.29) is 18.0 Å². The van der Waals surface area contributed by atoms with Crippen LogP contribution in [0.15, 0.2) is 60.7 Å². The highest BCUT2D eigenvalue weighted by Crippen LogP contribution is 2.56. The van der Waals surface area contributed by atoms with Crippen molar-refractivity contribution in [2.75, 3.05) is 11.5 Å². The molecule has 4 nitrogen and oxygen atoms in total. The molecule has 0 N–H and O–H groups in total. The minimum absolute atomic E-state index is 0.178. The molecule has 0 saturated carbocycles. The first-order chi connectivity index (χ1) is 17.0. The second-order valence-electron chi connectivity index (χ2n) is 9.74. The Kier molecular flexibility index (Phi) is 5.54. The molecule has 0 radical (unpaired) electrons. The van der Waals surface area contributed by atoms with E-state index in [2.05, 4.69) is 0 Å². The fourth-order valence-corrected chi connectivity index (χ4v) is 5.50. The van der Waals surface area contributed by atoms with Crippen LogP contribution in [0.3, 0.4) is 0 Å². The summed E-state index contributed by atoms with van der Waals surface area (Å²) in [5.74, 6) is -0.232. The molecule has 0 aromatic heterocycles. The van der Waals surface area contributed by atoms with Crippen molar-refractivity contribution < 1.29 is 31.8 Å². The summed E-state index contributed by atoms with van der Waals surface area (Å²) < 4.78 is 66.8. The molecule has 1 atom stereocenters. The molecule has 8 heteroatoms. The van der Waals surface area contributed by atoms with Gasteiger partial charge in [0.05, 0.1) is 18.7 Å². The van der Waals surface area contributed by atoms with Crippen molar-refractivity contribution in [2.45, 2.75) is 50.9 Å². The molecule has 0 saturated heterocycles. The highest BCUT2D eigenvalue weighted by atomic mass is 19.4. The predicted molar refractivity (Wildman–Crippen MR) is 127 cm³/mol. The van der Waals surface area contributed by atoms with Crippen molar-refractivity contribution >= 4 is 11.6 Å². The van der Waals surface area contributed by atoms with Gasteiger partial charge < -0.3 is 14.4 Å². The molecule has 3 aromatic rings. The van der Waals surface area contributed by atoms with Crippen LogP contribution in [-0.4, -0.2) is 18.1 Å². The molecular weight excluding hydrogens is 474 g/mol. The molecule has 2 aliphatic heterocycles. The van der Waals surface area contributed by atoms with Crippen LogP contribution in [0.1, 0.15) is 49.4 Å². The number of hydrogen-bond donors (Lipinski definition) is 0. The quantitative estimate of drug-likeness (QED) is 0.378. The summed E-state index contributed by atoms with van der Waals surface area (Å²) in [6.07, 6.45) is -4.47. The monoisotopic (exact) mass is 499 g/mol. The van der Waals surface area contributed by atoms with Gasteiger partial charge >= 0.3 is 6.18 Å². The molecule has 1 amide bonds. The van der Waals surface area contributed by atoms with Crippen LogP contribution in [0.4, 0.5) is 23.2 Å². The SMILES string of the molecule is CCOc1ccc2c(c1)OC(C)(C)CC21C(=O)N(Cc2ccc(F)cc2C(F)(F)F)c2ccccc21. The largest absolute Gasteiger partial charge is 0.494 e. The maximum atomic E-state index is 14.3. The topological polar surface area (TPSA) is 38.8 Å². The molecule has 188 valence electrons. The van der Waals surface area contributed by atoms with E-state index in [9.17, 15) is 22.4 Å². The number of alkyl halides is 3. The maximum absolute atomic E-state index is 14.3. The Morgan fingerprint density at radius 1 is 1.03 bits per heavy atom. The third kappa shape index (κ3) is 3.79. The predicted octanol–water partition coefficient (Wildman–Crippen LogP) is 6.64. The Morgan fingerprint density at radius 2 is 1.78 bits per heavy atom. The molecule has 3 aromatic carbocycles. The Balaban J connectivity index is 1.67.